The van der Waals surface area contributed by atoms with Crippen LogP contribution in [0, 0.1) is 0 Å². The predicted octanol–water partition coefficient (Wildman–Crippen LogP) is 1.86. The van der Waals surface area contributed by atoms with Gasteiger partial charge in [0.1, 0.15) is 0 Å². The molecule has 8 heteroatoms. The van der Waals surface area contributed by atoms with E-state index in [-0.39, 0.29) is 9.79 Å². The molecule has 1 heterocycles. The minimum absolute atomic E-state index is 0.0269. The van der Waals surface area contributed by atoms with Gasteiger partial charge in [-0.15, -0.1) is 0 Å². The van der Waals surface area contributed by atoms with E-state index < -0.39 is 19.7 Å². The van der Waals surface area contributed by atoms with Crippen molar-refractivity contribution >= 4 is 41.3 Å². The van der Waals surface area contributed by atoms with E-state index in [0.29, 0.717) is 17.1 Å². The van der Waals surface area contributed by atoms with Crippen LogP contribution in [0.3, 0.4) is 0 Å². The first kappa shape index (κ1) is 16.8. The number of halogens is 1. The van der Waals surface area contributed by atoms with E-state index in [2.05, 4.69) is 15.9 Å². The molecular formula is C13H18BrNO4S2. The zero-order valence-corrected chi connectivity index (χ0v) is 15.1. The van der Waals surface area contributed by atoms with Crippen molar-refractivity contribution in [1.82, 2.24) is 0 Å². The lowest BCUT2D eigenvalue weighted by Crippen LogP contribution is -2.36. The number of benzene rings is 1. The fourth-order valence-corrected chi connectivity index (χ4v) is 4.74. The van der Waals surface area contributed by atoms with E-state index in [0.717, 1.165) is 31.9 Å². The molecule has 5 nitrogen and oxygen atoms in total. The van der Waals surface area contributed by atoms with Crippen LogP contribution in [0.5, 0.6) is 0 Å². The van der Waals surface area contributed by atoms with Gasteiger partial charge >= 0.3 is 0 Å². The van der Waals surface area contributed by atoms with Crippen molar-refractivity contribution in [3.8, 4) is 0 Å². The van der Waals surface area contributed by atoms with E-state index in [4.69, 9.17) is 0 Å². The molecule has 2 rings (SSSR count). The number of sulfone groups is 2. The molecule has 0 aromatic heterocycles. The topological polar surface area (TPSA) is 71.5 Å². The summed E-state index contributed by atoms with van der Waals surface area (Å²) in [5.41, 5.74) is 0.578. The average Bonchev–Trinajstić information content (AvgIpc) is 2.36. The Morgan fingerprint density at radius 2 is 1.81 bits per heavy atom. The van der Waals surface area contributed by atoms with Crippen LogP contribution in [-0.4, -0.2) is 47.3 Å². The van der Waals surface area contributed by atoms with Crippen molar-refractivity contribution in [1.29, 1.82) is 0 Å². The summed E-state index contributed by atoms with van der Waals surface area (Å²) in [4.78, 5) is 2.41. The first-order valence-electron chi connectivity index (χ1n) is 6.52. The smallest absolute Gasteiger partial charge is 0.177 e. The molecule has 21 heavy (non-hydrogen) atoms. The van der Waals surface area contributed by atoms with Gasteiger partial charge in [-0.1, -0.05) is 15.9 Å². The lowest BCUT2D eigenvalue weighted by Gasteiger charge is -2.33. The number of nitrogens with zero attached hydrogens (tertiary/aromatic N) is 1. The maximum absolute atomic E-state index is 12.0. The predicted molar refractivity (Wildman–Crippen MR) is 86.8 cm³/mol. The van der Waals surface area contributed by atoms with Gasteiger partial charge in [0.25, 0.3) is 0 Å². The van der Waals surface area contributed by atoms with Gasteiger partial charge < -0.3 is 4.90 Å². The summed E-state index contributed by atoms with van der Waals surface area (Å²) >= 11 is 3.56. The third-order valence-corrected chi connectivity index (χ3v) is 6.45. The Balaban J connectivity index is 2.56. The molecule has 1 aliphatic rings. The molecule has 0 N–H and O–H groups in total. The van der Waals surface area contributed by atoms with Crippen molar-refractivity contribution in [2.45, 2.75) is 27.5 Å². The summed E-state index contributed by atoms with van der Waals surface area (Å²) in [5, 5.41) is 0. The quantitative estimate of drug-likeness (QED) is 0.730. The number of piperidine rings is 1. The van der Waals surface area contributed by atoms with E-state index in [9.17, 15) is 16.8 Å². The van der Waals surface area contributed by atoms with Crippen molar-refractivity contribution < 1.29 is 16.8 Å². The van der Waals surface area contributed by atoms with E-state index in [1.807, 2.05) is 4.90 Å². The number of hydrogen-bond acceptors (Lipinski definition) is 5. The normalized spacial score (nSPS) is 20.5. The molecular weight excluding hydrogens is 378 g/mol. The first-order chi connectivity index (χ1) is 9.59. The summed E-state index contributed by atoms with van der Waals surface area (Å²) in [6.45, 7) is 1.48. The van der Waals surface area contributed by atoms with Crippen molar-refractivity contribution in [3.05, 3.63) is 18.2 Å². The maximum atomic E-state index is 12.0. The minimum Gasteiger partial charge on any atom is -0.369 e. The Hall–Kier alpha value is -0.600. The molecule has 1 aromatic carbocycles. The van der Waals surface area contributed by atoms with Gasteiger partial charge in [-0.3, -0.25) is 0 Å². The van der Waals surface area contributed by atoms with Crippen molar-refractivity contribution in [3.63, 3.8) is 0 Å². The van der Waals surface area contributed by atoms with Crippen LogP contribution in [0.1, 0.15) is 12.8 Å². The zero-order chi connectivity index (χ0) is 15.8. The molecule has 1 fully saturated rings. The lowest BCUT2D eigenvalue weighted by atomic mass is 10.1. The van der Waals surface area contributed by atoms with Gasteiger partial charge in [-0.05, 0) is 31.0 Å². The molecule has 0 spiro atoms. The summed E-state index contributed by atoms with van der Waals surface area (Å²) in [6, 6.07) is 4.33. The van der Waals surface area contributed by atoms with Crippen LogP contribution in [0.2, 0.25) is 0 Å². The van der Waals surface area contributed by atoms with Crippen LogP contribution < -0.4 is 4.90 Å². The monoisotopic (exact) mass is 395 g/mol. The molecule has 0 amide bonds. The molecule has 0 aliphatic carbocycles. The molecule has 0 bridgehead atoms. The van der Waals surface area contributed by atoms with E-state index in [1.165, 1.54) is 12.1 Å². The Morgan fingerprint density at radius 1 is 1.14 bits per heavy atom. The Kier molecular flexibility index (Phi) is 4.70. The molecule has 1 unspecified atom stereocenters. The average molecular weight is 396 g/mol. The van der Waals surface area contributed by atoms with Gasteiger partial charge in [0, 0.05) is 30.4 Å². The van der Waals surface area contributed by atoms with E-state index >= 15 is 0 Å². The van der Waals surface area contributed by atoms with Gasteiger partial charge in [-0.2, -0.15) is 0 Å². The van der Waals surface area contributed by atoms with Crippen LogP contribution in [0.25, 0.3) is 0 Å². The van der Waals surface area contributed by atoms with Gasteiger partial charge in [0.2, 0.25) is 0 Å². The van der Waals surface area contributed by atoms with Crippen LogP contribution >= 0.6 is 15.9 Å². The first-order valence-corrected chi connectivity index (χ1v) is 11.2. The molecule has 1 saturated heterocycles. The largest absolute Gasteiger partial charge is 0.369 e. The SMILES string of the molecule is CS(=O)(=O)c1ccc(N2CCCC(Br)C2)c(S(C)(=O)=O)c1. The van der Waals surface area contributed by atoms with E-state index in [1.54, 1.807) is 6.07 Å². The van der Waals surface area contributed by atoms with Gasteiger partial charge in [-0.25, -0.2) is 16.8 Å². The minimum atomic E-state index is -3.50. The van der Waals surface area contributed by atoms with Crippen LogP contribution in [0.15, 0.2) is 28.0 Å². The highest BCUT2D eigenvalue weighted by Gasteiger charge is 2.24. The second-order valence-corrected chi connectivity index (χ2v) is 10.7. The number of rotatable bonds is 3. The summed E-state index contributed by atoms with van der Waals surface area (Å²) in [5.74, 6) is 0. The molecule has 0 saturated carbocycles. The van der Waals surface area contributed by atoms with Gasteiger partial charge in [0.05, 0.1) is 15.5 Å². The highest BCUT2D eigenvalue weighted by molar-refractivity contribution is 9.09. The second kappa shape index (κ2) is 5.89. The fraction of sp³-hybridized carbons (Fsp3) is 0.538. The molecule has 1 atom stereocenters. The fourth-order valence-electron chi connectivity index (χ4n) is 2.43. The van der Waals surface area contributed by atoms with Crippen molar-refractivity contribution in [2.75, 3.05) is 30.5 Å². The molecule has 0 radical (unpaired) electrons. The van der Waals surface area contributed by atoms with Crippen molar-refractivity contribution in [2.24, 2.45) is 0 Å². The highest BCUT2D eigenvalue weighted by atomic mass is 79.9. The maximum Gasteiger partial charge on any atom is 0.177 e. The van der Waals surface area contributed by atoms with Crippen LogP contribution in [0.4, 0.5) is 5.69 Å². The van der Waals surface area contributed by atoms with Crippen LogP contribution in [-0.2, 0) is 19.7 Å². The number of anilines is 1. The lowest BCUT2D eigenvalue weighted by molar-refractivity contribution is 0.585. The molecule has 1 aliphatic heterocycles. The Bertz CT molecular complexity index is 743. The summed E-state index contributed by atoms with van der Waals surface area (Å²) < 4.78 is 47.3. The molecule has 118 valence electrons. The summed E-state index contributed by atoms with van der Waals surface area (Å²) in [7, 11) is -6.94. The highest BCUT2D eigenvalue weighted by Crippen LogP contribution is 2.31. The third kappa shape index (κ3) is 3.98. The number of hydrogen-bond donors (Lipinski definition) is 0. The Morgan fingerprint density at radius 3 is 2.33 bits per heavy atom. The van der Waals surface area contributed by atoms with Gasteiger partial charge in [0.15, 0.2) is 19.7 Å². The second-order valence-electron chi connectivity index (χ2n) is 5.36. The molecule has 1 aromatic rings. The Labute approximate surface area is 134 Å². The third-order valence-electron chi connectivity index (χ3n) is 3.46. The standard InChI is InChI=1S/C13H18BrNO4S2/c1-20(16,17)11-5-6-12(13(8-11)21(2,18)19)15-7-3-4-10(14)9-15/h5-6,8,10H,3-4,7,9H2,1-2H3. The number of alkyl halides is 1. The zero-order valence-electron chi connectivity index (χ0n) is 11.9. The summed E-state index contributed by atoms with van der Waals surface area (Å²) in [6.07, 6.45) is 4.19.